The number of hydrogen-bond acceptors (Lipinski definition) is 4. The van der Waals surface area contributed by atoms with E-state index in [0.29, 0.717) is 0 Å². The van der Waals surface area contributed by atoms with Crippen LogP contribution in [-0.2, 0) is 14.3 Å². The topological polar surface area (TPSA) is 95.4 Å². The average Bonchev–Trinajstić information content (AvgIpc) is 1.99. The molecule has 0 heterocycles. The van der Waals surface area contributed by atoms with E-state index in [-0.39, 0.29) is 18.5 Å². The number of carbonyl (C=O) groups excluding carboxylic acids is 2. The van der Waals surface area contributed by atoms with Crippen molar-refractivity contribution in [3.05, 3.63) is 11.6 Å². The maximum Gasteiger partial charge on any atom is 0.331 e. The minimum Gasteiger partial charge on any atom is -0.457 e. The van der Waals surface area contributed by atoms with Gasteiger partial charge in [-0.1, -0.05) is 0 Å². The van der Waals surface area contributed by atoms with Gasteiger partial charge in [0.25, 0.3) is 0 Å². The second kappa shape index (κ2) is 5.50. The average molecular weight is 214 g/mol. The summed E-state index contributed by atoms with van der Waals surface area (Å²) in [4.78, 5) is 22.2. The van der Waals surface area contributed by atoms with Gasteiger partial charge in [-0.05, 0) is 33.7 Å². The lowest BCUT2D eigenvalue weighted by molar-refractivity contribution is -0.148. The highest BCUT2D eigenvalue weighted by atomic mass is 16.6. The van der Waals surface area contributed by atoms with Crippen LogP contribution in [0.2, 0.25) is 0 Å². The van der Waals surface area contributed by atoms with Crippen LogP contribution in [0.4, 0.5) is 0 Å². The van der Waals surface area contributed by atoms with E-state index in [4.69, 9.17) is 16.2 Å². The Hall–Kier alpha value is -1.36. The Morgan fingerprint density at radius 2 is 1.87 bits per heavy atom. The van der Waals surface area contributed by atoms with Crippen molar-refractivity contribution in [2.75, 3.05) is 6.54 Å². The molecule has 0 radical (unpaired) electrons. The molecule has 0 aromatic heterocycles. The van der Waals surface area contributed by atoms with Crippen molar-refractivity contribution in [2.24, 2.45) is 11.5 Å². The van der Waals surface area contributed by atoms with E-state index >= 15 is 0 Å². The maximum absolute atomic E-state index is 11.3. The molecule has 0 saturated carbocycles. The minimum absolute atomic E-state index is 0.187. The molecule has 0 rings (SSSR count). The Morgan fingerprint density at radius 1 is 1.33 bits per heavy atom. The molecule has 5 heteroatoms. The Labute approximate surface area is 89.5 Å². The van der Waals surface area contributed by atoms with E-state index in [9.17, 15) is 9.59 Å². The van der Waals surface area contributed by atoms with Gasteiger partial charge in [0.15, 0.2) is 0 Å². The van der Waals surface area contributed by atoms with Gasteiger partial charge in [-0.2, -0.15) is 0 Å². The zero-order valence-electron chi connectivity index (χ0n) is 9.37. The number of esters is 1. The van der Waals surface area contributed by atoms with Crippen LogP contribution in [0, 0.1) is 0 Å². The molecule has 0 bridgehead atoms. The largest absolute Gasteiger partial charge is 0.457 e. The molecule has 0 aliphatic heterocycles. The molecule has 0 saturated heterocycles. The van der Waals surface area contributed by atoms with Crippen LogP contribution in [0.1, 0.15) is 27.2 Å². The van der Waals surface area contributed by atoms with Crippen LogP contribution in [0.15, 0.2) is 11.6 Å². The van der Waals surface area contributed by atoms with Gasteiger partial charge in [-0.3, -0.25) is 4.79 Å². The molecule has 0 unspecified atom stereocenters. The summed E-state index contributed by atoms with van der Waals surface area (Å²) >= 11 is 0. The van der Waals surface area contributed by atoms with Crippen LogP contribution in [0.25, 0.3) is 0 Å². The molecule has 1 amide bonds. The van der Waals surface area contributed by atoms with Gasteiger partial charge in [-0.15, -0.1) is 0 Å². The summed E-state index contributed by atoms with van der Waals surface area (Å²) in [5, 5.41) is 0. The van der Waals surface area contributed by atoms with Crippen molar-refractivity contribution in [3.63, 3.8) is 0 Å². The summed E-state index contributed by atoms with van der Waals surface area (Å²) in [6.07, 6.45) is 1.37. The van der Waals surface area contributed by atoms with E-state index in [0.717, 1.165) is 6.08 Å². The summed E-state index contributed by atoms with van der Waals surface area (Å²) in [6, 6.07) is 0. The highest BCUT2D eigenvalue weighted by molar-refractivity contribution is 5.98. The third-order valence-electron chi connectivity index (χ3n) is 1.43. The van der Waals surface area contributed by atoms with Crippen molar-refractivity contribution in [2.45, 2.75) is 32.8 Å². The third-order valence-corrected chi connectivity index (χ3v) is 1.43. The van der Waals surface area contributed by atoms with Crippen LogP contribution in [0.3, 0.4) is 0 Å². The summed E-state index contributed by atoms with van der Waals surface area (Å²) in [5.41, 5.74) is 9.94. The van der Waals surface area contributed by atoms with Crippen LogP contribution in [0.5, 0.6) is 0 Å². The minimum atomic E-state index is -0.647. The van der Waals surface area contributed by atoms with Gasteiger partial charge in [0.05, 0.1) is 0 Å². The Balaban J connectivity index is 4.55. The van der Waals surface area contributed by atoms with E-state index in [1.807, 2.05) is 0 Å². The van der Waals surface area contributed by atoms with Crippen LogP contribution < -0.4 is 11.5 Å². The van der Waals surface area contributed by atoms with Crippen molar-refractivity contribution < 1.29 is 14.3 Å². The number of ether oxygens (including phenoxy) is 1. The van der Waals surface area contributed by atoms with Crippen LogP contribution in [-0.4, -0.2) is 24.0 Å². The predicted octanol–water partition coefficient (Wildman–Crippen LogP) is 0.0886. The summed E-state index contributed by atoms with van der Waals surface area (Å²) in [7, 11) is 0. The lowest BCUT2D eigenvalue weighted by atomic mass is 10.1. The Bertz CT molecular complexity index is 277. The monoisotopic (exact) mass is 214 g/mol. The van der Waals surface area contributed by atoms with E-state index in [1.54, 1.807) is 20.8 Å². The Morgan fingerprint density at radius 3 is 2.20 bits per heavy atom. The highest BCUT2D eigenvalue weighted by Crippen LogP contribution is 2.09. The molecular formula is C10H18N2O3. The summed E-state index contributed by atoms with van der Waals surface area (Å²) in [5.74, 6) is -1.23. The van der Waals surface area contributed by atoms with E-state index in [2.05, 4.69) is 0 Å². The van der Waals surface area contributed by atoms with Gasteiger partial charge in [0, 0.05) is 11.6 Å². The van der Waals surface area contributed by atoms with Crippen molar-refractivity contribution in [1.82, 2.24) is 0 Å². The first-order chi connectivity index (χ1) is 6.76. The molecular weight excluding hydrogens is 196 g/mol. The molecule has 0 atom stereocenters. The fourth-order valence-corrected chi connectivity index (χ4v) is 0.895. The van der Waals surface area contributed by atoms with Gasteiger partial charge in [0.1, 0.15) is 5.60 Å². The molecule has 0 fully saturated rings. The molecule has 15 heavy (non-hydrogen) atoms. The van der Waals surface area contributed by atoms with Gasteiger partial charge >= 0.3 is 5.97 Å². The predicted molar refractivity (Wildman–Crippen MR) is 56.8 cm³/mol. The van der Waals surface area contributed by atoms with Crippen LogP contribution >= 0.6 is 0 Å². The molecule has 5 nitrogen and oxygen atoms in total. The molecule has 0 aliphatic carbocycles. The van der Waals surface area contributed by atoms with E-state index < -0.39 is 17.5 Å². The van der Waals surface area contributed by atoms with E-state index in [1.165, 1.54) is 0 Å². The Kier molecular flexibility index (Phi) is 5.00. The van der Waals surface area contributed by atoms with Crippen molar-refractivity contribution >= 4 is 11.9 Å². The molecule has 4 N–H and O–H groups in total. The number of hydrogen-bond donors (Lipinski definition) is 2. The zero-order chi connectivity index (χ0) is 12.1. The first-order valence-electron chi connectivity index (χ1n) is 4.69. The lowest BCUT2D eigenvalue weighted by Crippen LogP contribution is -2.24. The number of rotatable bonds is 4. The lowest BCUT2D eigenvalue weighted by Gasteiger charge is -2.18. The third kappa shape index (κ3) is 6.68. The number of carbonyl (C=O) groups is 2. The smallest absolute Gasteiger partial charge is 0.331 e. The number of primary amides is 1. The molecule has 0 spiro atoms. The molecule has 0 aromatic carbocycles. The van der Waals surface area contributed by atoms with Crippen molar-refractivity contribution in [1.29, 1.82) is 0 Å². The molecule has 86 valence electrons. The second-order valence-electron chi connectivity index (χ2n) is 4.11. The fourth-order valence-electron chi connectivity index (χ4n) is 0.895. The maximum atomic E-state index is 11.3. The summed E-state index contributed by atoms with van der Waals surface area (Å²) in [6.45, 7) is 5.49. The standard InChI is InChI=1S/C10H18N2O3/c1-10(2,3)15-8(13)6-7(4-5-11)9(12)14/h6H,4-5,11H2,1-3H3,(H2,12,14). The zero-order valence-corrected chi connectivity index (χ0v) is 9.37. The SMILES string of the molecule is CC(C)(C)OC(=O)C=C(CCN)C(N)=O. The molecule has 0 aromatic rings. The quantitative estimate of drug-likeness (QED) is 0.512. The molecule has 0 aliphatic rings. The first-order valence-corrected chi connectivity index (χ1v) is 4.69. The highest BCUT2D eigenvalue weighted by Gasteiger charge is 2.16. The number of amides is 1. The number of nitrogens with two attached hydrogens (primary N) is 2. The summed E-state index contributed by atoms with van der Waals surface area (Å²) < 4.78 is 5.00. The van der Waals surface area contributed by atoms with Gasteiger partial charge in [-0.25, -0.2) is 4.79 Å². The van der Waals surface area contributed by atoms with Crippen molar-refractivity contribution in [3.8, 4) is 0 Å². The van der Waals surface area contributed by atoms with Gasteiger partial charge < -0.3 is 16.2 Å². The second-order valence-corrected chi connectivity index (χ2v) is 4.11. The van der Waals surface area contributed by atoms with Gasteiger partial charge in [0.2, 0.25) is 5.91 Å². The normalized spacial score (nSPS) is 12.4. The first kappa shape index (κ1) is 13.6. The fraction of sp³-hybridized carbons (Fsp3) is 0.600.